The summed E-state index contributed by atoms with van der Waals surface area (Å²) in [6, 6.07) is 1.69. The maximum Gasteiger partial charge on any atom is 0.0905 e. The first-order valence-electron chi connectivity index (χ1n) is 0.921. The van der Waals surface area contributed by atoms with Gasteiger partial charge in [-0.1, -0.05) is 6.58 Å². The van der Waals surface area contributed by atoms with Gasteiger partial charge in [0.25, 0.3) is 0 Å². The molecule has 0 aromatic rings. The van der Waals surface area contributed by atoms with Crippen LogP contribution in [0.25, 0.3) is 0 Å². The van der Waals surface area contributed by atoms with Crippen molar-refractivity contribution in [1.29, 1.82) is 5.26 Å². The Hall–Kier alpha value is -0.190. The van der Waals surface area contributed by atoms with Crippen LogP contribution in [-0.4, -0.2) is 0 Å². The first-order valence-corrected chi connectivity index (χ1v) is 0.921. The van der Waals surface area contributed by atoms with Gasteiger partial charge in [0, 0.05) is 6.08 Å². The van der Waals surface area contributed by atoms with Crippen LogP contribution in [0.3, 0.4) is 0 Å². The summed E-state index contributed by atoms with van der Waals surface area (Å²) < 4.78 is 0. The van der Waals surface area contributed by atoms with Crippen LogP contribution in [0.2, 0.25) is 0 Å². The normalized spacial score (nSPS) is 2.50. The SMILES string of the molecule is C=CC#N.Cl.Cl. The highest BCUT2D eigenvalue weighted by atomic mass is 35.5. The predicted octanol–water partition coefficient (Wildman–Crippen LogP) is 1.54. The molecule has 36 valence electrons. The highest BCUT2D eigenvalue weighted by molar-refractivity contribution is 5.85. The molecule has 0 rings (SSSR count). The molecule has 0 saturated carbocycles. The highest BCUT2D eigenvalue weighted by Crippen LogP contribution is 1.41. The molecule has 0 N–H and O–H groups in total. The molecule has 0 aliphatic carbocycles. The standard InChI is InChI=1S/C3H3N.2ClH/c1-2-3-4;;/h2H,1H2;2*1H. The Labute approximate surface area is 49.5 Å². The summed E-state index contributed by atoms with van der Waals surface area (Å²) in [5, 5.41) is 7.51. The number of nitrogens with zero attached hydrogens (tertiary/aromatic N) is 1. The molecule has 0 aromatic heterocycles. The van der Waals surface area contributed by atoms with Crippen molar-refractivity contribution in [2.45, 2.75) is 0 Å². The van der Waals surface area contributed by atoms with Crippen molar-refractivity contribution >= 4 is 24.8 Å². The van der Waals surface area contributed by atoms with Gasteiger partial charge in [-0.2, -0.15) is 5.26 Å². The molecule has 0 bridgehead atoms. The third-order valence-electron chi connectivity index (χ3n) is 0.0913. The zero-order chi connectivity index (χ0) is 3.41. The minimum Gasteiger partial charge on any atom is -0.193 e. The summed E-state index contributed by atoms with van der Waals surface area (Å²) in [4.78, 5) is 0. The van der Waals surface area contributed by atoms with Crippen molar-refractivity contribution in [2.75, 3.05) is 0 Å². The minimum atomic E-state index is 0. The van der Waals surface area contributed by atoms with Crippen molar-refractivity contribution < 1.29 is 0 Å². The number of halogens is 2. The molecule has 0 atom stereocenters. The van der Waals surface area contributed by atoms with Crippen LogP contribution in [-0.2, 0) is 0 Å². The van der Waals surface area contributed by atoms with Crippen molar-refractivity contribution in [1.82, 2.24) is 0 Å². The van der Waals surface area contributed by atoms with E-state index in [0.717, 1.165) is 0 Å². The zero-order valence-electron chi connectivity index (χ0n) is 3.05. The first kappa shape index (κ1) is 17.0. The number of rotatable bonds is 0. The Morgan fingerprint density at radius 1 is 1.50 bits per heavy atom. The van der Waals surface area contributed by atoms with Gasteiger partial charge in [-0.3, -0.25) is 0 Å². The molecular weight excluding hydrogens is 121 g/mol. The average molecular weight is 126 g/mol. The lowest BCUT2D eigenvalue weighted by atomic mass is 10.8. The van der Waals surface area contributed by atoms with Crippen LogP contribution >= 0.6 is 24.8 Å². The Kier molecular flexibility index (Phi) is 60.5. The van der Waals surface area contributed by atoms with Crippen LogP contribution in [0.15, 0.2) is 12.7 Å². The third-order valence-corrected chi connectivity index (χ3v) is 0.0913. The lowest BCUT2D eigenvalue weighted by molar-refractivity contribution is 1.54. The molecule has 0 unspecified atom stereocenters. The second-order valence-corrected chi connectivity index (χ2v) is 0.333. The van der Waals surface area contributed by atoms with Gasteiger partial charge >= 0.3 is 0 Å². The van der Waals surface area contributed by atoms with E-state index in [4.69, 9.17) is 5.26 Å². The van der Waals surface area contributed by atoms with Crippen LogP contribution in [0.1, 0.15) is 0 Å². The number of hydrogen-bond acceptors (Lipinski definition) is 1. The van der Waals surface area contributed by atoms with Crippen molar-refractivity contribution in [3.63, 3.8) is 0 Å². The summed E-state index contributed by atoms with van der Waals surface area (Å²) in [7, 11) is 0. The highest BCUT2D eigenvalue weighted by Gasteiger charge is 1.34. The molecule has 0 amide bonds. The number of allylic oxidation sites excluding steroid dienone is 1. The second-order valence-electron chi connectivity index (χ2n) is 0.333. The molecule has 0 aromatic carbocycles. The molecule has 0 heterocycles. The minimum absolute atomic E-state index is 0. The quantitative estimate of drug-likeness (QED) is 0.451. The maximum absolute atomic E-state index is 7.51. The van der Waals surface area contributed by atoms with E-state index < -0.39 is 0 Å². The van der Waals surface area contributed by atoms with Crippen LogP contribution in [0.4, 0.5) is 0 Å². The van der Waals surface area contributed by atoms with E-state index in [1.54, 1.807) is 6.07 Å². The Morgan fingerprint density at radius 2 is 1.67 bits per heavy atom. The molecular formula is C3H5Cl2N. The molecule has 0 saturated heterocycles. The van der Waals surface area contributed by atoms with E-state index >= 15 is 0 Å². The monoisotopic (exact) mass is 125 g/mol. The lowest BCUT2D eigenvalue weighted by Crippen LogP contribution is -1.23. The van der Waals surface area contributed by atoms with Gasteiger partial charge in [-0.15, -0.1) is 24.8 Å². The number of hydrogen-bond donors (Lipinski definition) is 0. The fourth-order valence-corrected chi connectivity index (χ4v) is 0. The summed E-state index contributed by atoms with van der Waals surface area (Å²) in [5.74, 6) is 0. The van der Waals surface area contributed by atoms with Crippen LogP contribution in [0.5, 0.6) is 0 Å². The molecule has 0 aliphatic rings. The van der Waals surface area contributed by atoms with Crippen molar-refractivity contribution in [3.05, 3.63) is 12.7 Å². The van der Waals surface area contributed by atoms with Crippen molar-refractivity contribution in [3.8, 4) is 6.07 Å². The van der Waals surface area contributed by atoms with E-state index in [1.807, 2.05) is 0 Å². The fraction of sp³-hybridized carbons (Fsp3) is 0. The molecule has 0 spiro atoms. The van der Waals surface area contributed by atoms with E-state index in [2.05, 4.69) is 6.58 Å². The van der Waals surface area contributed by atoms with Crippen molar-refractivity contribution in [2.24, 2.45) is 0 Å². The summed E-state index contributed by atoms with van der Waals surface area (Å²) >= 11 is 0. The van der Waals surface area contributed by atoms with Gasteiger partial charge in [0.1, 0.15) is 0 Å². The Bertz CT molecular complexity index is 54.3. The summed E-state index contributed by atoms with van der Waals surface area (Å²) in [6.07, 6.45) is 1.18. The van der Waals surface area contributed by atoms with Gasteiger partial charge in [0.2, 0.25) is 0 Å². The van der Waals surface area contributed by atoms with Gasteiger partial charge in [0.05, 0.1) is 6.07 Å². The smallest absolute Gasteiger partial charge is 0.0905 e. The second kappa shape index (κ2) is 21.3. The summed E-state index contributed by atoms with van der Waals surface area (Å²) in [6.45, 7) is 3.12. The van der Waals surface area contributed by atoms with E-state index in [-0.39, 0.29) is 24.8 Å². The average Bonchev–Trinajstić information content (AvgIpc) is 1.37. The molecule has 0 radical (unpaired) electrons. The van der Waals surface area contributed by atoms with Gasteiger partial charge < -0.3 is 0 Å². The first-order chi connectivity index (χ1) is 1.91. The van der Waals surface area contributed by atoms with Gasteiger partial charge in [-0.05, 0) is 0 Å². The molecule has 6 heavy (non-hydrogen) atoms. The summed E-state index contributed by atoms with van der Waals surface area (Å²) in [5.41, 5.74) is 0. The zero-order valence-corrected chi connectivity index (χ0v) is 4.68. The molecule has 1 nitrogen and oxygen atoms in total. The Balaban J connectivity index is -0.0000000450. The van der Waals surface area contributed by atoms with E-state index in [9.17, 15) is 0 Å². The lowest BCUT2D eigenvalue weighted by Gasteiger charge is -1.31. The van der Waals surface area contributed by atoms with Crippen LogP contribution in [0, 0.1) is 11.3 Å². The van der Waals surface area contributed by atoms with Gasteiger partial charge in [-0.25, -0.2) is 0 Å². The van der Waals surface area contributed by atoms with E-state index in [1.165, 1.54) is 6.08 Å². The predicted molar refractivity (Wildman–Crippen MR) is 30.3 cm³/mol. The number of nitriles is 1. The maximum atomic E-state index is 7.51. The third kappa shape index (κ3) is 45.9. The Morgan fingerprint density at radius 3 is 1.67 bits per heavy atom. The van der Waals surface area contributed by atoms with E-state index in [0.29, 0.717) is 0 Å². The molecule has 3 heteroatoms. The molecule has 0 aliphatic heterocycles. The van der Waals surface area contributed by atoms with Gasteiger partial charge in [0.15, 0.2) is 0 Å². The largest absolute Gasteiger partial charge is 0.193 e. The van der Waals surface area contributed by atoms with Crippen LogP contribution < -0.4 is 0 Å². The molecule has 0 fully saturated rings. The fourth-order valence-electron chi connectivity index (χ4n) is 0. The topological polar surface area (TPSA) is 23.8 Å².